The Bertz CT molecular complexity index is 896. The van der Waals surface area contributed by atoms with E-state index < -0.39 is 10.9 Å². The number of hydrogen-bond donors (Lipinski definition) is 0. The number of non-ortho nitro benzene ring substituents is 1. The van der Waals surface area contributed by atoms with Gasteiger partial charge in [0.15, 0.2) is 0 Å². The number of hydrogen-bond acceptors (Lipinski definition) is 7. The Morgan fingerprint density at radius 1 is 1.19 bits per heavy atom. The van der Waals surface area contributed by atoms with Gasteiger partial charge < -0.3 is 4.74 Å². The summed E-state index contributed by atoms with van der Waals surface area (Å²) < 4.78 is 5.36. The molecule has 0 fully saturated rings. The highest BCUT2D eigenvalue weighted by Crippen LogP contribution is 2.27. The molecule has 1 heterocycles. The van der Waals surface area contributed by atoms with Gasteiger partial charge in [-0.25, -0.2) is 9.78 Å². The Balaban J connectivity index is 1.63. The van der Waals surface area contributed by atoms with Gasteiger partial charge in [-0.3, -0.25) is 10.1 Å². The zero-order valence-corrected chi connectivity index (χ0v) is 15.2. The van der Waals surface area contributed by atoms with Gasteiger partial charge in [0.1, 0.15) is 6.61 Å². The minimum Gasteiger partial charge on any atom is -0.457 e. The Morgan fingerprint density at radius 2 is 1.96 bits per heavy atom. The second-order valence-corrected chi connectivity index (χ2v) is 7.00. The molecule has 0 radical (unpaired) electrons. The molecule has 3 rings (SSSR count). The maximum Gasteiger partial charge on any atom is 0.339 e. The first-order valence-corrected chi connectivity index (χ1v) is 9.55. The van der Waals surface area contributed by atoms with Crippen molar-refractivity contribution in [3.05, 3.63) is 86.4 Å². The first-order valence-electron chi connectivity index (χ1n) is 7.63. The van der Waals surface area contributed by atoms with E-state index >= 15 is 0 Å². The van der Waals surface area contributed by atoms with E-state index in [2.05, 4.69) is 4.98 Å². The van der Waals surface area contributed by atoms with Crippen molar-refractivity contribution in [2.24, 2.45) is 0 Å². The summed E-state index contributed by atoms with van der Waals surface area (Å²) in [5.74, 6) is 0.251. The molecule has 0 N–H and O–H groups in total. The summed E-state index contributed by atoms with van der Waals surface area (Å²) in [5.41, 5.74) is 3.93. The number of esters is 1. The van der Waals surface area contributed by atoms with E-state index in [9.17, 15) is 14.9 Å². The van der Waals surface area contributed by atoms with E-state index in [0.717, 1.165) is 10.6 Å². The second-order valence-electron chi connectivity index (χ2n) is 5.26. The summed E-state index contributed by atoms with van der Waals surface area (Å²) in [7, 11) is 0. The van der Waals surface area contributed by atoms with Crippen LogP contribution in [0.3, 0.4) is 0 Å². The average molecular weight is 386 g/mol. The smallest absolute Gasteiger partial charge is 0.339 e. The lowest BCUT2D eigenvalue weighted by atomic mass is 10.2. The zero-order chi connectivity index (χ0) is 18.4. The third-order valence-electron chi connectivity index (χ3n) is 3.48. The molecule has 0 aliphatic carbocycles. The fraction of sp³-hybridized carbons (Fsp3) is 0.111. The SMILES string of the molecule is O=C(OCc1ccc([N+](=O)[O-])cc1)c1ccccc1SCc1cscn1. The third-order valence-corrected chi connectivity index (χ3v) is 5.23. The number of rotatable bonds is 7. The topological polar surface area (TPSA) is 82.3 Å². The number of carbonyl (C=O) groups is 1. The van der Waals surface area contributed by atoms with Crippen molar-refractivity contribution in [3.8, 4) is 0 Å². The van der Waals surface area contributed by atoms with Gasteiger partial charge in [-0.1, -0.05) is 12.1 Å². The highest BCUT2D eigenvalue weighted by atomic mass is 32.2. The number of nitro benzene ring substituents is 1. The van der Waals surface area contributed by atoms with Crippen molar-refractivity contribution in [1.82, 2.24) is 4.98 Å². The molecule has 0 unspecified atom stereocenters. The lowest BCUT2D eigenvalue weighted by molar-refractivity contribution is -0.384. The molecule has 0 amide bonds. The fourth-order valence-corrected chi connectivity index (χ4v) is 3.77. The quantitative estimate of drug-likeness (QED) is 0.253. The normalized spacial score (nSPS) is 10.5. The van der Waals surface area contributed by atoms with Gasteiger partial charge in [-0.15, -0.1) is 23.1 Å². The van der Waals surface area contributed by atoms with Crippen LogP contribution in [0.4, 0.5) is 5.69 Å². The molecule has 0 saturated heterocycles. The van der Waals surface area contributed by atoms with Crippen LogP contribution < -0.4 is 0 Å². The molecule has 0 aliphatic rings. The summed E-state index contributed by atoms with van der Waals surface area (Å²) in [6.45, 7) is 0.0575. The number of carbonyl (C=O) groups excluding carboxylic acids is 1. The molecule has 1 aromatic heterocycles. The van der Waals surface area contributed by atoms with Crippen LogP contribution in [0.15, 0.2) is 64.3 Å². The summed E-state index contributed by atoms with van der Waals surface area (Å²) in [6.07, 6.45) is 0. The highest BCUT2D eigenvalue weighted by molar-refractivity contribution is 7.98. The van der Waals surface area contributed by atoms with E-state index in [-0.39, 0.29) is 12.3 Å². The maximum absolute atomic E-state index is 12.4. The largest absolute Gasteiger partial charge is 0.457 e. The molecular weight excluding hydrogens is 372 g/mol. The third kappa shape index (κ3) is 4.68. The second kappa shape index (κ2) is 8.59. The lowest BCUT2D eigenvalue weighted by Crippen LogP contribution is -2.06. The Hall–Kier alpha value is -2.71. The summed E-state index contributed by atoms with van der Waals surface area (Å²) in [6, 6.07) is 13.2. The number of ether oxygens (including phenoxy) is 1. The van der Waals surface area contributed by atoms with E-state index in [1.807, 2.05) is 17.5 Å². The lowest BCUT2D eigenvalue weighted by Gasteiger charge is -2.09. The number of nitrogens with zero attached hydrogens (tertiary/aromatic N) is 2. The van der Waals surface area contributed by atoms with Crippen molar-refractivity contribution in [2.45, 2.75) is 17.3 Å². The summed E-state index contributed by atoms with van der Waals surface area (Å²) in [4.78, 5) is 27.7. The van der Waals surface area contributed by atoms with Crippen molar-refractivity contribution >= 4 is 34.8 Å². The van der Waals surface area contributed by atoms with Crippen LogP contribution in [0.25, 0.3) is 0 Å². The summed E-state index contributed by atoms with van der Waals surface area (Å²) in [5, 5.41) is 12.6. The maximum atomic E-state index is 12.4. The van der Waals surface area contributed by atoms with E-state index in [1.165, 1.54) is 35.2 Å². The van der Waals surface area contributed by atoms with Crippen LogP contribution in [0, 0.1) is 10.1 Å². The van der Waals surface area contributed by atoms with Crippen LogP contribution >= 0.6 is 23.1 Å². The molecule has 132 valence electrons. The van der Waals surface area contributed by atoms with Crippen LogP contribution in [-0.2, 0) is 17.1 Å². The molecule has 3 aromatic rings. The minimum atomic E-state index is -0.467. The van der Waals surface area contributed by atoms with Gasteiger partial charge in [-0.05, 0) is 29.8 Å². The van der Waals surface area contributed by atoms with Gasteiger partial charge in [0.25, 0.3) is 5.69 Å². The van der Waals surface area contributed by atoms with Gasteiger partial charge in [0, 0.05) is 28.2 Å². The molecule has 0 bridgehead atoms. The molecule has 6 nitrogen and oxygen atoms in total. The molecule has 0 saturated carbocycles. The highest BCUT2D eigenvalue weighted by Gasteiger charge is 2.14. The average Bonchev–Trinajstić information content (AvgIpc) is 3.18. The van der Waals surface area contributed by atoms with Crippen molar-refractivity contribution in [1.29, 1.82) is 0 Å². The monoisotopic (exact) mass is 386 g/mol. The molecule has 0 spiro atoms. The van der Waals surface area contributed by atoms with Gasteiger partial charge in [0.2, 0.25) is 0 Å². The first-order chi connectivity index (χ1) is 12.6. The van der Waals surface area contributed by atoms with Crippen LogP contribution in [0.1, 0.15) is 21.6 Å². The van der Waals surface area contributed by atoms with E-state index in [4.69, 9.17) is 4.74 Å². The number of thiazole rings is 1. The van der Waals surface area contributed by atoms with Crippen LogP contribution in [0.5, 0.6) is 0 Å². The predicted octanol–water partition coefficient (Wildman–Crippen LogP) is 4.70. The van der Waals surface area contributed by atoms with Crippen LogP contribution in [-0.4, -0.2) is 15.9 Å². The fourth-order valence-electron chi connectivity index (χ4n) is 2.16. The molecule has 26 heavy (non-hydrogen) atoms. The predicted molar refractivity (Wildman–Crippen MR) is 100 cm³/mol. The Labute approximate surface area is 158 Å². The molecule has 0 atom stereocenters. The van der Waals surface area contributed by atoms with E-state index in [0.29, 0.717) is 16.9 Å². The van der Waals surface area contributed by atoms with Gasteiger partial charge in [0.05, 0.1) is 21.7 Å². The van der Waals surface area contributed by atoms with Crippen molar-refractivity contribution in [3.63, 3.8) is 0 Å². The van der Waals surface area contributed by atoms with Gasteiger partial charge >= 0.3 is 5.97 Å². The molecule has 0 aliphatic heterocycles. The number of nitro groups is 1. The van der Waals surface area contributed by atoms with Crippen molar-refractivity contribution < 1.29 is 14.5 Å². The molecule has 8 heteroatoms. The van der Waals surface area contributed by atoms with Crippen molar-refractivity contribution in [2.75, 3.05) is 0 Å². The number of benzene rings is 2. The molecular formula is C18H14N2O4S2. The Morgan fingerprint density at radius 3 is 2.65 bits per heavy atom. The van der Waals surface area contributed by atoms with E-state index in [1.54, 1.807) is 29.8 Å². The van der Waals surface area contributed by atoms with Gasteiger partial charge in [-0.2, -0.15) is 0 Å². The minimum absolute atomic E-state index is 0.00358. The zero-order valence-electron chi connectivity index (χ0n) is 13.5. The number of aromatic nitrogens is 1. The van der Waals surface area contributed by atoms with Crippen LogP contribution in [0.2, 0.25) is 0 Å². The standard InChI is InChI=1S/C18H14N2O4S2/c21-18(24-9-13-5-7-15(8-6-13)20(22)23)16-3-1-2-4-17(16)26-11-14-10-25-12-19-14/h1-8,10,12H,9,11H2. The Kier molecular flexibility index (Phi) is 5.98. The summed E-state index contributed by atoms with van der Waals surface area (Å²) >= 11 is 3.06. The number of thioether (sulfide) groups is 1. The first kappa shape index (κ1) is 18.1. The molecule has 2 aromatic carbocycles.